The lowest BCUT2D eigenvalue weighted by Gasteiger charge is -2.36. The third kappa shape index (κ3) is 38.3. The number of benzene rings is 3. The van der Waals surface area contributed by atoms with Crippen LogP contribution >= 0.6 is 11.8 Å². The number of nitrogens with one attached hydrogen (secondary N) is 14. The molecule has 19 amide bonds. The van der Waals surface area contributed by atoms with Gasteiger partial charge in [-0.15, -0.1) is 11.8 Å². The molecule has 0 spiro atoms. The van der Waals surface area contributed by atoms with Crippen molar-refractivity contribution in [1.29, 1.82) is 0 Å². The number of phenolic OH excluding ortho intramolecular Hbond substituents is 1. The molecule has 814 valence electrons. The number of nitrogens with two attached hydrogens (primary N) is 2. The van der Waals surface area contributed by atoms with Crippen molar-refractivity contribution in [3.05, 3.63) is 102 Å². The van der Waals surface area contributed by atoms with Crippen molar-refractivity contribution < 1.29 is 121 Å². The Bertz CT molecular complexity index is 5500. The van der Waals surface area contributed by atoms with Crippen molar-refractivity contribution >= 4 is 152 Å². The Morgan fingerprint density at radius 2 is 1.07 bits per heavy atom. The van der Waals surface area contributed by atoms with Crippen LogP contribution in [0, 0.1) is 11.8 Å². The Morgan fingerprint density at radius 1 is 0.534 bits per heavy atom. The van der Waals surface area contributed by atoms with Crippen LogP contribution in [0.2, 0.25) is 0 Å². The SMILES string of the molecule is CCCC[C@H]1C(=O)N(C)[C@@H](CCCC)C(=O)N[C@@H](CC(C)C)C(=O)N[C@H](C(=O)NCC(N)=O)CSCC(=O)N[C@@H](Cc2ccc(O)cc2)C(=O)N(C)[C@@H](C)C(=O)N[C@@H](CC(N)=O)C(=O)NCCCCC(=O)N[C@@H](CNC(=O)OC(C)(C)C)C(=O)N[C@@H](CC(C)C)C(=O)N2C[C@H](O)C[C@H]2C(=O)N[C@@H](Cc2c[nH]c3ccccc23)C(=O)N[C@@H](CCNC(=O)OC(C)(C)C)C(=O)N[C@@H](Cc2cn(CC(=O)O)c3ccccc23)C(=O)N1C. The van der Waals surface area contributed by atoms with Crippen molar-refractivity contribution in [2.24, 2.45) is 23.3 Å². The summed E-state index contributed by atoms with van der Waals surface area (Å²) in [6, 6.07) is -1.51. The zero-order chi connectivity index (χ0) is 110. The van der Waals surface area contributed by atoms with Gasteiger partial charge in [0.05, 0.1) is 31.4 Å². The number of carboxylic acids is 1. The second-order valence-electron chi connectivity index (χ2n) is 40.2. The number of unbranched alkanes of at least 4 members (excludes halogenated alkanes) is 2. The van der Waals surface area contributed by atoms with Crippen LogP contribution in [-0.4, -0.2) is 324 Å². The van der Waals surface area contributed by atoms with E-state index in [1.807, 2.05) is 13.8 Å². The lowest BCUT2D eigenvalue weighted by molar-refractivity contribution is -0.149. The number of likely N-dealkylation sites (N-methyl/N-ethyl adjacent to an activating group) is 3. The number of nitrogens with zero attached hydrogens (tertiary/aromatic N) is 5. The largest absolute Gasteiger partial charge is 0.508 e. The zero-order valence-corrected chi connectivity index (χ0v) is 87.9. The van der Waals surface area contributed by atoms with E-state index in [-0.39, 0.29) is 82.4 Å². The summed E-state index contributed by atoms with van der Waals surface area (Å²) in [7, 11) is 3.87. The highest BCUT2D eigenvalue weighted by Gasteiger charge is 2.46. The number of aromatic hydroxyl groups is 1. The lowest BCUT2D eigenvalue weighted by Crippen LogP contribution is -2.61. The Kier molecular flexibility index (Phi) is 46.7. The van der Waals surface area contributed by atoms with Crippen LogP contribution in [0.25, 0.3) is 21.8 Å². The fourth-order valence-corrected chi connectivity index (χ4v) is 17.9. The number of carbonyl (C=O) groups excluding carboxylic acids is 19. The van der Waals surface area contributed by atoms with Crippen LogP contribution < -0.4 is 80.6 Å². The number of carbonyl (C=O) groups is 20. The number of aromatic nitrogens is 2. The molecule has 47 heteroatoms. The molecule has 0 saturated carbocycles. The van der Waals surface area contributed by atoms with Crippen LogP contribution in [0.1, 0.15) is 197 Å². The van der Waals surface area contributed by atoms with E-state index in [2.05, 4.69) is 74.1 Å². The van der Waals surface area contributed by atoms with Gasteiger partial charge in [-0.05, 0) is 146 Å². The minimum Gasteiger partial charge on any atom is -0.508 e. The van der Waals surface area contributed by atoms with E-state index in [0.717, 1.165) is 31.4 Å². The highest BCUT2D eigenvalue weighted by atomic mass is 32.2. The number of ether oxygens (including phenoxy) is 2. The summed E-state index contributed by atoms with van der Waals surface area (Å²) in [6.07, 6.45) is -2.20. The Balaban J connectivity index is 1.36. The average Bonchev–Trinajstić information content (AvgIpc) is 1.62. The van der Waals surface area contributed by atoms with Gasteiger partial charge < -0.3 is 135 Å². The number of para-hydroxylation sites is 2. The normalized spacial score (nSPS) is 23.1. The number of aromatic amines is 1. The van der Waals surface area contributed by atoms with Crippen molar-refractivity contribution in [2.75, 3.05) is 65.4 Å². The quantitative estimate of drug-likeness (QED) is 0.0334. The molecular weight excluding hydrogens is 1940 g/mol. The molecule has 5 aromatic rings. The third-order valence-electron chi connectivity index (χ3n) is 24.7. The standard InChI is InChI=1S/C101H149N21O25S/c1-17-19-30-77-92(138)113-68(41-56(3)4)89(135)117-75(87(133)107-50-81(103)126)54-148-55-83(128)109-72(43-59-34-36-62(123)37-35-59)94(140)118(14)58(7)85(131)112-70(47-80(102)125)86(132)104-39-26-25-33-82(127)110-74(49-108-99(145)147-101(11,12)13)91(137)115-71(42-57(5)6)96(142)122-52-63(124)46-79(122)93(139)114-69(44-60-48-106-66-29-23-21-27-64(60)66)90(136)111-67(38-40-105-98(144)146-100(8,9)10)88(134)116-73(95(141)120(16)78(31-20-18-2)97(143)119(77)15)45-61-51-121(53-84(129)130)76-32-24-22-28-65(61)76/h21-24,27-29,32,34-37,48,51,56-58,63,67-75,77-79,106,123-124H,17-20,25-26,30-31,33,38-47,49-50,52-55H2,1-16H3,(H2,102,125)(H2,103,126)(H,104,132)(H,105,144)(H,107,133)(H,108,145)(H,109,128)(H,110,127)(H,111,136)(H,112,131)(H,113,138)(H,114,139)(H,115,137)(H,116,134)(H,117,135)(H,129,130)/t58-,63+,67-,68-,69-,70-,71-,72-,73-,74-,75-,77-,78-,79-/m0/s1. The minimum atomic E-state index is -1.80. The molecule has 3 aromatic carbocycles. The van der Waals surface area contributed by atoms with Crippen molar-refractivity contribution in [1.82, 2.24) is 98.3 Å². The van der Waals surface area contributed by atoms with E-state index in [9.17, 15) is 77.6 Å². The van der Waals surface area contributed by atoms with Gasteiger partial charge in [-0.1, -0.05) is 116 Å². The number of alkyl carbamates (subject to hydrolysis) is 2. The predicted molar refractivity (Wildman–Crippen MR) is 547 cm³/mol. The van der Waals surface area contributed by atoms with Gasteiger partial charge in [-0.25, -0.2) is 9.59 Å². The zero-order valence-electron chi connectivity index (χ0n) is 87.1. The van der Waals surface area contributed by atoms with Gasteiger partial charge in [0.25, 0.3) is 0 Å². The number of aliphatic carboxylic acids is 1. The fraction of sp³-hybridized carbons (Fsp3) is 0.584. The molecule has 2 fully saturated rings. The number of aliphatic hydroxyl groups is 1. The molecule has 2 saturated heterocycles. The Morgan fingerprint density at radius 3 is 1.70 bits per heavy atom. The van der Waals surface area contributed by atoms with Crippen molar-refractivity contribution in [3.63, 3.8) is 0 Å². The van der Waals surface area contributed by atoms with Gasteiger partial charge in [0.15, 0.2) is 0 Å². The molecule has 7 rings (SSSR count). The number of hydrogen-bond acceptors (Lipinski definition) is 25. The van der Waals surface area contributed by atoms with Crippen LogP contribution in [0.5, 0.6) is 5.75 Å². The van der Waals surface area contributed by atoms with E-state index in [4.69, 9.17) is 20.9 Å². The number of rotatable bonds is 28. The minimum absolute atomic E-state index is 0.00765. The van der Waals surface area contributed by atoms with Gasteiger partial charge in [0.1, 0.15) is 102 Å². The lowest BCUT2D eigenvalue weighted by atomic mass is 9.99. The van der Waals surface area contributed by atoms with Gasteiger partial charge >= 0.3 is 18.2 Å². The number of fused-ring (bicyclic) bond motifs is 3. The fourth-order valence-electron chi connectivity index (χ4n) is 17.0. The molecule has 14 atom stereocenters. The van der Waals surface area contributed by atoms with E-state index >= 15 is 33.6 Å². The average molecular weight is 2090 g/mol. The number of H-pyrrole nitrogens is 1. The first-order valence-electron chi connectivity index (χ1n) is 49.9. The topological polar surface area (TPSA) is 663 Å². The van der Waals surface area contributed by atoms with Crippen LogP contribution in [0.15, 0.2) is 85.2 Å². The summed E-state index contributed by atoms with van der Waals surface area (Å²) in [4.78, 5) is 297. The molecule has 46 nitrogen and oxygen atoms in total. The third-order valence-corrected chi connectivity index (χ3v) is 25.7. The van der Waals surface area contributed by atoms with E-state index in [0.29, 0.717) is 57.8 Å². The number of primary amides is 2. The number of hydrogen-bond donors (Lipinski definition) is 19. The first-order chi connectivity index (χ1) is 69.7. The molecule has 2 aliphatic rings. The first kappa shape index (κ1) is 121. The van der Waals surface area contributed by atoms with Gasteiger partial charge in [-0.2, -0.15) is 0 Å². The molecule has 148 heavy (non-hydrogen) atoms. The smallest absolute Gasteiger partial charge is 0.407 e. The summed E-state index contributed by atoms with van der Waals surface area (Å²) in [5, 5.41) is 67.2. The monoisotopic (exact) mass is 2090 g/mol. The van der Waals surface area contributed by atoms with Crippen molar-refractivity contribution in [3.8, 4) is 5.75 Å². The molecule has 0 bridgehead atoms. The highest BCUT2D eigenvalue weighted by molar-refractivity contribution is 8.00. The molecule has 2 aliphatic heterocycles. The summed E-state index contributed by atoms with van der Waals surface area (Å²) in [6.45, 7) is 18.3. The van der Waals surface area contributed by atoms with Gasteiger partial charge in [0.2, 0.25) is 100 Å². The summed E-state index contributed by atoms with van der Waals surface area (Å²) in [5.74, 6) is -19.1. The molecule has 2 aromatic heterocycles. The second-order valence-corrected chi connectivity index (χ2v) is 41.2. The molecule has 0 radical (unpaired) electrons. The Labute approximate surface area is 864 Å². The molecule has 0 aliphatic carbocycles. The second kappa shape index (κ2) is 57.3. The van der Waals surface area contributed by atoms with Gasteiger partial charge in [0, 0.05) is 113 Å². The first-order valence-corrected chi connectivity index (χ1v) is 51.1. The molecule has 4 heterocycles. The van der Waals surface area contributed by atoms with E-state index in [1.165, 1.54) is 63.1 Å². The maximum Gasteiger partial charge on any atom is 0.407 e. The highest BCUT2D eigenvalue weighted by Crippen LogP contribution is 2.29. The maximum absolute atomic E-state index is 16.2. The van der Waals surface area contributed by atoms with E-state index < -0.39 is 290 Å². The number of amides is 19. The Hall–Kier alpha value is -14.2. The van der Waals surface area contributed by atoms with Crippen LogP contribution in [-0.2, 0) is 122 Å². The number of aliphatic hydroxyl groups excluding tert-OH is 1. The molecule has 0 unspecified atom stereocenters. The van der Waals surface area contributed by atoms with Gasteiger partial charge in [-0.3, -0.25) is 86.3 Å². The summed E-state index contributed by atoms with van der Waals surface area (Å²) < 4.78 is 12.4. The summed E-state index contributed by atoms with van der Waals surface area (Å²) >= 11 is 0.777. The van der Waals surface area contributed by atoms with Crippen LogP contribution in [0.4, 0.5) is 9.59 Å². The van der Waals surface area contributed by atoms with Crippen LogP contribution in [0.3, 0.4) is 0 Å². The molecular formula is C101H149N21O25S. The number of thioether (sulfide) groups is 1. The maximum atomic E-state index is 16.2. The van der Waals surface area contributed by atoms with Crippen molar-refractivity contribution in [2.45, 2.75) is 302 Å². The predicted octanol–water partition coefficient (Wildman–Crippen LogP) is 1.19. The number of phenols is 1. The summed E-state index contributed by atoms with van der Waals surface area (Å²) in [5.41, 5.74) is 11.1. The number of carboxylic acid groups (broad SMARTS) is 1. The molecule has 21 N–H and O–H groups in total. The van der Waals surface area contributed by atoms with E-state index in [1.54, 1.807) is 124 Å².